The van der Waals surface area contributed by atoms with Gasteiger partial charge in [0.15, 0.2) is 0 Å². The van der Waals surface area contributed by atoms with Crippen molar-refractivity contribution in [2.45, 2.75) is 0 Å². The summed E-state index contributed by atoms with van der Waals surface area (Å²) in [6.07, 6.45) is 1.81. The first-order chi connectivity index (χ1) is 9.31. The van der Waals surface area contributed by atoms with Gasteiger partial charge < -0.3 is 5.73 Å². The Morgan fingerprint density at radius 3 is 2.63 bits per heavy atom. The van der Waals surface area contributed by atoms with Crippen LogP contribution < -0.4 is 5.73 Å². The fraction of sp³-hybridized carbons (Fsp3) is 0. The van der Waals surface area contributed by atoms with E-state index in [4.69, 9.17) is 11.0 Å². The van der Waals surface area contributed by atoms with Crippen LogP contribution in [-0.2, 0) is 0 Å². The highest BCUT2D eigenvalue weighted by Gasteiger charge is 2.19. The second-order valence-electron chi connectivity index (χ2n) is 3.89. The molecule has 0 atom stereocenters. The van der Waals surface area contributed by atoms with E-state index in [1.807, 2.05) is 36.5 Å². The van der Waals surface area contributed by atoms with Crippen molar-refractivity contribution in [3.63, 3.8) is 0 Å². The van der Waals surface area contributed by atoms with Crippen molar-refractivity contribution in [2.24, 2.45) is 0 Å². The molecule has 0 aliphatic carbocycles. The summed E-state index contributed by atoms with van der Waals surface area (Å²) in [5.74, 6) is 0. The van der Waals surface area contributed by atoms with Crippen molar-refractivity contribution in [2.75, 3.05) is 5.73 Å². The van der Waals surface area contributed by atoms with Crippen LogP contribution in [0, 0.1) is 11.3 Å². The zero-order valence-electron chi connectivity index (χ0n) is 9.83. The molecular weight excluding hydrogens is 274 g/mol. The lowest BCUT2D eigenvalue weighted by Crippen LogP contribution is -1.88. The third kappa shape index (κ3) is 2.01. The SMILES string of the molecule is N#Cc1sc(-c2cncs2)c(-c2ccccc2)c1N. The van der Waals surface area contributed by atoms with Gasteiger partial charge in [0.05, 0.1) is 21.0 Å². The molecule has 0 bridgehead atoms. The van der Waals surface area contributed by atoms with E-state index in [9.17, 15) is 0 Å². The standard InChI is InChI=1S/C14H9N3S2/c15-6-10-13(16)12(9-4-2-1-3-5-9)14(19-10)11-7-17-8-18-11/h1-5,7-8H,16H2. The largest absolute Gasteiger partial charge is 0.396 e. The van der Waals surface area contributed by atoms with E-state index >= 15 is 0 Å². The van der Waals surface area contributed by atoms with Gasteiger partial charge in [-0.2, -0.15) is 5.26 Å². The van der Waals surface area contributed by atoms with Gasteiger partial charge in [-0.1, -0.05) is 30.3 Å². The number of anilines is 1. The number of nitriles is 1. The second-order valence-corrected chi connectivity index (χ2v) is 5.80. The quantitative estimate of drug-likeness (QED) is 0.773. The van der Waals surface area contributed by atoms with Crippen LogP contribution in [0.2, 0.25) is 0 Å². The monoisotopic (exact) mass is 283 g/mol. The molecule has 5 heteroatoms. The van der Waals surface area contributed by atoms with E-state index in [2.05, 4.69) is 11.1 Å². The first kappa shape index (κ1) is 11.9. The molecule has 0 fully saturated rings. The highest BCUT2D eigenvalue weighted by Crippen LogP contribution is 2.45. The zero-order chi connectivity index (χ0) is 13.2. The second kappa shape index (κ2) is 4.84. The predicted octanol–water partition coefficient (Wildman–Crippen LogP) is 3.99. The Morgan fingerprint density at radius 1 is 1.21 bits per heavy atom. The molecule has 0 saturated carbocycles. The van der Waals surface area contributed by atoms with Gasteiger partial charge in [0, 0.05) is 11.8 Å². The number of nitrogens with two attached hydrogens (primary N) is 1. The molecule has 0 aliphatic heterocycles. The minimum absolute atomic E-state index is 0.558. The summed E-state index contributed by atoms with van der Waals surface area (Å²) in [6, 6.07) is 12.1. The highest BCUT2D eigenvalue weighted by atomic mass is 32.1. The molecule has 3 rings (SSSR count). The van der Waals surface area contributed by atoms with Crippen LogP contribution in [0.25, 0.3) is 20.9 Å². The number of thiophene rings is 1. The summed E-state index contributed by atoms with van der Waals surface area (Å²) in [4.78, 5) is 6.71. The van der Waals surface area contributed by atoms with Gasteiger partial charge in [-0.15, -0.1) is 22.7 Å². The van der Waals surface area contributed by atoms with Crippen molar-refractivity contribution < 1.29 is 0 Å². The smallest absolute Gasteiger partial charge is 0.129 e. The molecule has 3 nitrogen and oxygen atoms in total. The lowest BCUT2D eigenvalue weighted by Gasteiger charge is -2.03. The Bertz CT molecular complexity index is 737. The number of rotatable bonds is 2. The number of nitrogen functional groups attached to an aromatic ring is 1. The molecule has 1 aromatic carbocycles. The van der Waals surface area contributed by atoms with Gasteiger partial charge in [0.25, 0.3) is 0 Å². The Labute approximate surface area is 118 Å². The maximum Gasteiger partial charge on any atom is 0.129 e. The van der Waals surface area contributed by atoms with E-state index in [1.54, 1.807) is 16.8 Å². The van der Waals surface area contributed by atoms with Gasteiger partial charge in [-0.25, -0.2) is 0 Å². The van der Waals surface area contributed by atoms with Crippen LogP contribution in [0.4, 0.5) is 5.69 Å². The van der Waals surface area contributed by atoms with Gasteiger partial charge >= 0.3 is 0 Å². The average Bonchev–Trinajstić information content (AvgIpc) is 3.07. The predicted molar refractivity (Wildman–Crippen MR) is 80.0 cm³/mol. The Balaban J connectivity index is 2.29. The number of thiazole rings is 1. The normalized spacial score (nSPS) is 10.3. The Hall–Kier alpha value is -2.16. The maximum atomic E-state index is 9.17. The van der Waals surface area contributed by atoms with Crippen LogP contribution in [0.3, 0.4) is 0 Å². The lowest BCUT2D eigenvalue weighted by atomic mass is 10.0. The first-order valence-corrected chi connectivity index (χ1v) is 7.27. The molecule has 0 saturated heterocycles. The molecule has 0 aliphatic rings. The molecule has 19 heavy (non-hydrogen) atoms. The molecule has 92 valence electrons. The molecule has 0 amide bonds. The Kier molecular flexibility index (Phi) is 3.03. The van der Waals surface area contributed by atoms with E-state index in [0.717, 1.165) is 20.9 Å². The van der Waals surface area contributed by atoms with Crippen LogP contribution >= 0.6 is 22.7 Å². The van der Waals surface area contributed by atoms with Gasteiger partial charge in [-0.3, -0.25) is 4.98 Å². The third-order valence-electron chi connectivity index (χ3n) is 2.77. The lowest BCUT2D eigenvalue weighted by molar-refractivity contribution is 1.43. The summed E-state index contributed by atoms with van der Waals surface area (Å²) in [5, 5.41) is 9.17. The first-order valence-electron chi connectivity index (χ1n) is 5.58. The number of benzene rings is 1. The number of aromatic nitrogens is 1. The minimum atomic E-state index is 0.558. The van der Waals surface area contributed by atoms with Crippen LogP contribution in [0.1, 0.15) is 4.88 Å². The fourth-order valence-electron chi connectivity index (χ4n) is 1.92. The van der Waals surface area contributed by atoms with E-state index in [0.29, 0.717) is 10.6 Å². The summed E-state index contributed by atoms with van der Waals surface area (Å²) in [7, 11) is 0. The molecule has 0 unspecified atom stereocenters. The fourth-order valence-corrected chi connectivity index (χ4v) is 3.70. The van der Waals surface area contributed by atoms with Crippen molar-refractivity contribution >= 4 is 28.4 Å². The number of hydrogen-bond donors (Lipinski definition) is 1. The van der Waals surface area contributed by atoms with Crippen LogP contribution in [0.5, 0.6) is 0 Å². The van der Waals surface area contributed by atoms with Crippen LogP contribution in [-0.4, -0.2) is 4.98 Å². The average molecular weight is 283 g/mol. The zero-order valence-corrected chi connectivity index (χ0v) is 11.5. The van der Waals surface area contributed by atoms with Gasteiger partial charge in [0.2, 0.25) is 0 Å². The number of nitrogens with zero attached hydrogens (tertiary/aromatic N) is 2. The molecule has 2 N–H and O–H groups in total. The van der Waals surface area contributed by atoms with Crippen molar-refractivity contribution in [3.05, 3.63) is 46.9 Å². The minimum Gasteiger partial charge on any atom is -0.396 e. The van der Waals surface area contributed by atoms with E-state index in [1.165, 1.54) is 11.3 Å². The summed E-state index contributed by atoms with van der Waals surface area (Å²) in [6.45, 7) is 0. The molecule has 2 aromatic heterocycles. The molecular formula is C14H9N3S2. The van der Waals surface area contributed by atoms with E-state index in [-0.39, 0.29) is 0 Å². The molecule has 2 heterocycles. The summed E-state index contributed by atoms with van der Waals surface area (Å²) < 4.78 is 0. The van der Waals surface area contributed by atoms with Crippen molar-refractivity contribution in [1.82, 2.24) is 4.98 Å². The highest BCUT2D eigenvalue weighted by molar-refractivity contribution is 7.22. The molecule has 0 spiro atoms. The number of hydrogen-bond acceptors (Lipinski definition) is 5. The molecule has 3 aromatic rings. The maximum absolute atomic E-state index is 9.17. The Morgan fingerprint density at radius 2 is 2.00 bits per heavy atom. The van der Waals surface area contributed by atoms with E-state index < -0.39 is 0 Å². The van der Waals surface area contributed by atoms with Gasteiger partial charge in [-0.05, 0) is 5.56 Å². The van der Waals surface area contributed by atoms with Crippen molar-refractivity contribution in [3.8, 4) is 27.0 Å². The molecule has 0 radical (unpaired) electrons. The van der Waals surface area contributed by atoms with Crippen LogP contribution in [0.15, 0.2) is 42.0 Å². The topological polar surface area (TPSA) is 62.7 Å². The summed E-state index contributed by atoms with van der Waals surface area (Å²) in [5.41, 5.74) is 10.4. The van der Waals surface area contributed by atoms with Gasteiger partial charge in [0.1, 0.15) is 10.9 Å². The third-order valence-corrected chi connectivity index (χ3v) is 4.83. The van der Waals surface area contributed by atoms with Crippen molar-refractivity contribution in [1.29, 1.82) is 5.26 Å². The summed E-state index contributed by atoms with van der Waals surface area (Å²) >= 11 is 2.97.